The number of allylic oxidation sites excluding steroid dienone is 1. The highest BCUT2D eigenvalue weighted by Gasteiger charge is 2.24. The van der Waals surface area contributed by atoms with Gasteiger partial charge in [-0.1, -0.05) is 65.4 Å². The SMILES string of the molecule is O=C(c1cn(C/C=C/c2ccccc2)nn1)N1CCN(c2cccc(Cl)c2)CC1. The lowest BCUT2D eigenvalue weighted by molar-refractivity contribution is 0.0740. The Balaban J connectivity index is 1.32. The third-order valence-corrected chi connectivity index (χ3v) is 5.14. The Bertz CT molecular complexity index is 993. The van der Waals surface area contributed by atoms with Gasteiger partial charge in [-0.05, 0) is 23.8 Å². The van der Waals surface area contributed by atoms with Crippen molar-refractivity contribution in [2.45, 2.75) is 6.54 Å². The number of anilines is 1. The number of carbonyl (C=O) groups is 1. The minimum absolute atomic E-state index is 0.0750. The summed E-state index contributed by atoms with van der Waals surface area (Å²) in [6.07, 6.45) is 5.74. The van der Waals surface area contributed by atoms with Crippen LogP contribution in [-0.2, 0) is 6.54 Å². The molecule has 7 heteroatoms. The molecular weight excluding hydrogens is 386 g/mol. The molecule has 1 amide bonds. The van der Waals surface area contributed by atoms with Gasteiger partial charge in [-0.25, -0.2) is 4.68 Å². The van der Waals surface area contributed by atoms with Crippen LogP contribution in [0.25, 0.3) is 6.08 Å². The van der Waals surface area contributed by atoms with Gasteiger partial charge in [0, 0.05) is 36.9 Å². The van der Waals surface area contributed by atoms with Crippen molar-refractivity contribution in [2.24, 2.45) is 0 Å². The van der Waals surface area contributed by atoms with Gasteiger partial charge in [0.2, 0.25) is 0 Å². The summed E-state index contributed by atoms with van der Waals surface area (Å²) in [6, 6.07) is 17.9. The van der Waals surface area contributed by atoms with Crippen molar-refractivity contribution in [3.63, 3.8) is 0 Å². The molecular formula is C22H22ClN5O. The summed E-state index contributed by atoms with van der Waals surface area (Å²) < 4.78 is 1.68. The van der Waals surface area contributed by atoms with Crippen LogP contribution in [0.3, 0.4) is 0 Å². The summed E-state index contributed by atoms with van der Waals surface area (Å²) in [4.78, 5) is 16.8. The first-order valence-corrected chi connectivity index (χ1v) is 9.98. The molecule has 0 N–H and O–H groups in total. The average Bonchev–Trinajstić information content (AvgIpc) is 3.23. The molecule has 0 spiro atoms. The molecule has 0 bridgehead atoms. The predicted octanol–water partition coefficient (Wildman–Crippen LogP) is 3.61. The summed E-state index contributed by atoms with van der Waals surface area (Å²) in [6.45, 7) is 3.38. The fourth-order valence-electron chi connectivity index (χ4n) is 3.35. The number of halogens is 1. The van der Waals surface area contributed by atoms with Crippen molar-refractivity contribution in [1.82, 2.24) is 19.9 Å². The monoisotopic (exact) mass is 407 g/mol. The Morgan fingerprint density at radius 2 is 1.83 bits per heavy atom. The van der Waals surface area contributed by atoms with Crippen molar-refractivity contribution >= 4 is 29.3 Å². The number of nitrogens with zero attached hydrogens (tertiary/aromatic N) is 5. The molecule has 0 unspecified atom stereocenters. The molecule has 3 aromatic rings. The average molecular weight is 408 g/mol. The van der Waals surface area contributed by atoms with Crippen LogP contribution >= 0.6 is 11.6 Å². The number of aromatic nitrogens is 3. The van der Waals surface area contributed by atoms with Crippen LogP contribution in [-0.4, -0.2) is 52.0 Å². The second-order valence-electron chi connectivity index (χ2n) is 6.90. The van der Waals surface area contributed by atoms with Crippen LogP contribution in [0, 0.1) is 0 Å². The van der Waals surface area contributed by atoms with Crippen molar-refractivity contribution < 1.29 is 4.79 Å². The van der Waals surface area contributed by atoms with Crippen LogP contribution in [0.1, 0.15) is 16.1 Å². The third kappa shape index (κ3) is 4.84. The number of carbonyl (C=O) groups excluding carboxylic acids is 1. The predicted molar refractivity (Wildman–Crippen MR) is 115 cm³/mol. The van der Waals surface area contributed by atoms with Crippen molar-refractivity contribution in [3.05, 3.63) is 83.2 Å². The maximum absolute atomic E-state index is 12.8. The molecule has 0 saturated carbocycles. The molecule has 1 aliphatic heterocycles. The summed E-state index contributed by atoms with van der Waals surface area (Å²) in [5, 5.41) is 8.86. The summed E-state index contributed by atoms with van der Waals surface area (Å²) in [5.41, 5.74) is 2.59. The van der Waals surface area contributed by atoms with Crippen LogP contribution in [0.4, 0.5) is 5.69 Å². The van der Waals surface area contributed by atoms with Gasteiger partial charge in [0.15, 0.2) is 5.69 Å². The summed E-state index contributed by atoms with van der Waals surface area (Å²) in [7, 11) is 0. The number of hydrogen-bond donors (Lipinski definition) is 0. The van der Waals surface area contributed by atoms with E-state index in [1.165, 1.54) is 0 Å². The molecule has 2 aromatic carbocycles. The zero-order valence-corrected chi connectivity index (χ0v) is 16.7. The van der Waals surface area contributed by atoms with Crippen molar-refractivity contribution in [3.8, 4) is 0 Å². The smallest absolute Gasteiger partial charge is 0.276 e. The van der Waals surface area contributed by atoms with Crippen molar-refractivity contribution in [2.75, 3.05) is 31.1 Å². The number of benzene rings is 2. The molecule has 1 fully saturated rings. The van der Waals surface area contributed by atoms with Gasteiger partial charge in [0.1, 0.15) is 0 Å². The molecule has 148 valence electrons. The number of piperazine rings is 1. The lowest BCUT2D eigenvalue weighted by atomic mass is 10.2. The molecule has 0 aliphatic carbocycles. The maximum atomic E-state index is 12.8. The largest absolute Gasteiger partial charge is 0.368 e. The molecule has 1 aliphatic rings. The molecule has 1 saturated heterocycles. The van der Waals surface area contributed by atoms with Gasteiger partial charge in [-0.15, -0.1) is 5.10 Å². The van der Waals surface area contributed by atoms with E-state index in [1.54, 1.807) is 10.9 Å². The Kier molecular flexibility index (Phi) is 5.91. The second-order valence-corrected chi connectivity index (χ2v) is 7.33. The normalized spacial score (nSPS) is 14.5. The number of amides is 1. The minimum atomic E-state index is -0.0750. The molecule has 1 aromatic heterocycles. The molecule has 0 radical (unpaired) electrons. The van der Waals surface area contributed by atoms with Crippen LogP contribution in [0.15, 0.2) is 66.9 Å². The Labute approximate surface area is 175 Å². The van der Waals surface area contributed by atoms with Crippen LogP contribution < -0.4 is 4.90 Å². The Hall–Kier alpha value is -3.12. The van der Waals surface area contributed by atoms with E-state index in [9.17, 15) is 4.79 Å². The summed E-state index contributed by atoms with van der Waals surface area (Å²) in [5.74, 6) is -0.0750. The maximum Gasteiger partial charge on any atom is 0.276 e. The van der Waals surface area contributed by atoms with Crippen molar-refractivity contribution in [1.29, 1.82) is 0 Å². The molecule has 4 rings (SSSR count). The molecule has 0 atom stereocenters. The third-order valence-electron chi connectivity index (χ3n) is 4.90. The highest BCUT2D eigenvalue weighted by Crippen LogP contribution is 2.21. The van der Waals surface area contributed by atoms with E-state index in [0.29, 0.717) is 25.3 Å². The van der Waals surface area contributed by atoms with Gasteiger partial charge < -0.3 is 9.80 Å². The summed E-state index contributed by atoms with van der Waals surface area (Å²) >= 11 is 6.08. The van der Waals surface area contributed by atoms with Gasteiger partial charge >= 0.3 is 0 Å². The van der Waals surface area contributed by atoms with E-state index in [2.05, 4.69) is 15.2 Å². The second kappa shape index (κ2) is 8.92. The van der Waals surface area contributed by atoms with Crippen LogP contribution in [0.5, 0.6) is 0 Å². The molecule has 29 heavy (non-hydrogen) atoms. The van der Waals surface area contributed by atoms with E-state index < -0.39 is 0 Å². The van der Waals surface area contributed by atoms with E-state index in [0.717, 1.165) is 29.4 Å². The van der Waals surface area contributed by atoms with E-state index in [1.807, 2.05) is 71.6 Å². The Morgan fingerprint density at radius 3 is 2.59 bits per heavy atom. The van der Waals surface area contributed by atoms with Gasteiger partial charge in [0.25, 0.3) is 5.91 Å². The quantitative estimate of drug-likeness (QED) is 0.648. The first-order chi connectivity index (χ1) is 14.2. The van der Waals surface area contributed by atoms with Gasteiger partial charge in [-0.2, -0.15) is 0 Å². The minimum Gasteiger partial charge on any atom is -0.368 e. The number of rotatable bonds is 5. The molecule has 6 nitrogen and oxygen atoms in total. The Morgan fingerprint density at radius 1 is 1.03 bits per heavy atom. The van der Waals surface area contributed by atoms with E-state index in [-0.39, 0.29) is 5.91 Å². The first kappa shape index (κ1) is 19.2. The lowest BCUT2D eigenvalue weighted by Gasteiger charge is -2.35. The van der Waals surface area contributed by atoms with Crippen LogP contribution in [0.2, 0.25) is 5.02 Å². The molecule has 2 heterocycles. The fourth-order valence-corrected chi connectivity index (χ4v) is 3.53. The first-order valence-electron chi connectivity index (χ1n) is 9.60. The topological polar surface area (TPSA) is 54.3 Å². The zero-order chi connectivity index (χ0) is 20.1. The highest BCUT2D eigenvalue weighted by molar-refractivity contribution is 6.30. The van der Waals surface area contributed by atoms with Gasteiger partial charge in [0.05, 0.1) is 12.7 Å². The number of hydrogen-bond acceptors (Lipinski definition) is 4. The van der Waals surface area contributed by atoms with E-state index in [4.69, 9.17) is 11.6 Å². The highest BCUT2D eigenvalue weighted by atomic mass is 35.5. The zero-order valence-electron chi connectivity index (χ0n) is 16.0. The van der Waals surface area contributed by atoms with Gasteiger partial charge in [-0.3, -0.25) is 4.79 Å². The lowest BCUT2D eigenvalue weighted by Crippen LogP contribution is -2.48. The fraction of sp³-hybridized carbons (Fsp3) is 0.227. The van der Waals surface area contributed by atoms with E-state index >= 15 is 0 Å². The standard InChI is InChI=1S/C22H22ClN5O/c23-19-9-4-10-20(16-19)26-12-14-27(15-13-26)22(29)21-17-28(25-24-21)11-5-8-18-6-2-1-3-7-18/h1-10,16-17H,11-15H2/b8-5+.